The molecule has 0 aliphatic heterocycles. The largest absolute Gasteiger partial charge is 1.00 e. The maximum Gasteiger partial charge on any atom is 1.00 e. The van der Waals surface area contributed by atoms with Crippen LogP contribution in [-0.2, 0) is 4.79 Å². The second-order valence-electron chi connectivity index (χ2n) is 4.91. The van der Waals surface area contributed by atoms with Gasteiger partial charge in [-0.2, -0.15) is 0 Å². The van der Waals surface area contributed by atoms with Gasteiger partial charge in [-0.05, 0) is 32.1 Å². The van der Waals surface area contributed by atoms with Crippen LogP contribution < -0.4 is 56.5 Å². The van der Waals surface area contributed by atoms with Gasteiger partial charge in [0.05, 0.1) is 6.67 Å². The molecule has 0 aliphatic carbocycles. The number of unbranched alkanes of at least 4 members (excludes halogenated alkanes) is 2. The van der Waals surface area contributed by atoms with Gasteiger partial charge in [0.25, 0.3) is 0 Å². The van der Waals surface area contributed by atoms with Gasteiger partial charge in [0.1, 0.15) is 6.04 Å². The Labute approximate surface area is 175 Å². The van der Waals surface area contributed by atoms with Crippen LogP contribution in [0.15, 0.2) is 17.1 Å². The van der Waals surface area contributed by atoms with Crippen LogP contribution in [0.3, 0.4) is 0 Å². The van der Waals surface area contributed by atoms with Crippen LogP contribution in [0, 0.1) is 0 Å². The number of carboxylic acid groups (broad SMARTS) is 1. The monoisotopic (exact) mass is 338 g/mol. The van der Waals surface area contributed by atoms with Crippen molar-refractivity contribution in [2.75, 3.05) is 19.8 Å². The average molecular weight is 338 g/mol. The molecule has 0 fully saturated rings. The third-order valence-corrected chi connectivity index (χ3v) is 3.12. The summed E-state index contributed by atoms with van der Waals surface area (Å²) in [5.41, 5.74) is 0. The van der Waals surface area contributed by atoms with Gasteiger partial charge in [0.2, 0.25) is 0 Å². The van der Waals surface area contributed by atoms with E-state index >= 15 is 0 Å². The molecule has 6 nitrogen and oxygen atoms in total. The zero-order valence-electron chi connectivity index (χ0n) is 14.0. The third-order valence-electron chi connectivity index (χ3n) is 3.12. The molecule has 0 aliphatic rings. The van der Waals surface area contributed by atoms with Crippen LogP contribution in [0.2, 0.25) is 0 Å². The van der Waals surface area contributed by atoms with Crippen molar-refractivity contribution in [3.8, 4) is 0 Å². The van der Waals surface area contributed by atoms with Gasteiger partial charge < -0.3 is 15.3 Å². The number of rotatable bonds is 12. The Kier molecular flexibility index (Phi) is 17.9. The van der Waals surface area contributed by atoms with E-state index in [4.69, 9.17) is 10.2 Å². The van der Waals surface area contributed by atoms with E-state index in [0.29, 0.717) is 13.0 Å². The number of aliphatic hydroxyl groups excluding tert-OH is 1. The van der Waals surface area contributed by atoms with Crippen LogP contribution in [0.1, 0.15) is 46.0 Å². The Balaban J connectivity index is 0. The summed E-state index contributed by atoms with van der Waals surface area (Å²) in [6, 6.07) is -0.729. The van der Waals surface area contributed by atoms with Crippen molar-refractivity contribution in [1.82, 2.24) is 4.90 Å². The molecule has 0 saturated heterocycles. The first-order valence-electron chi connectivity index (χ1n) is 7.46. The van der Waals surface area contributed by atoms with Gasteiger partial charge in [-0.15, -0.1) is 0 Å². The molecule has 0 aromatic rings. The Bertz CT molecular complexity index is 348. The predicted molar refractivity (Wildman–Crippen MR) is 81.1 cm³/mol. The number of nitrogens with zero attached hydrogens (tertiary/aromatic N) is 2. The molecule has 1 atom stereocenters. The Hall–Kier alpha value is 0.236. The Morgan fingerprint density at radius 3 is 2.59 bits per heavy atom. The first-order valence-corrected chi connectivity index (χ1v) is 7.46. The molecule has 0 bridgehead atoms. The molecule has 0 radical (unpaired) electrons. The Morgan fingerprint density at radius 1 is 1.36 bits per heavy atom. The predicted octanol–water partition coefficient (Wildman–Crippen LogP) is -2.00. The van der Waals surface area contributed by atoms with Crippen molar-refractivity contribution in [3.63, 3.8) is 0 Å². The van der Waals surface area contributed by atoms with E-state index in [-0.39, 0.29) is 77.0 Å². The standard InChI is InChI=1S/C15H28N2O4.K/c1-3-4-5-6-7-9-14(19)16-12-17(10-8-11-18)13(2)15(20)21;/h6-7,13,18H,3-5,8-12H2,1-2H3,(H,16,19)(H,20,21);/q;+1/p-1/b7-6+;. The van der Waals surface area contributed by atoms with Crippen molar-refractivity contribution in [2.45, 2.75) is 52.0 Å². The topological polar surface area (TPSA) is 96.2 Å². The maximum absolute atomic E-state index is 11.6. The number of aliphatic carboxylic acids is 1. The summed E-state index contributed by atoms with van der Waals surface area (Å²) in [6.45, 7) is 4.09. The van der Waals surface area contributed by atoms with Crippen LogP contribution in [0.5, 0.6) is 0 Å². The minimum Gasteiger partial charge on any atom is -0.862 e. The summed E-state index contributed by atoms with van der Waals surface area (Å²) in [4.78, 5) is 16.4. The van der Waals surface area contributed by atoms with Gasteiger partial charge in [0.15, 0.2) is 0 Å². The summed E-state index contributed by atoms with van der Waals surface area (Å²) < 4.78 is 0. The molecule has 7 heteroatoms. The average Bonchev–Trinajstić information content (AvgIpc) is 2.46. The first kappa shape index (κ1) is 24.5. The number of hydrogen-bond donors (Lipinski definition) is 2. The summed E-state index contributed by atoms with van der Waals surface area (Å²) in [5.74, 6) is -1.22. The van der Waals surface area contributed by atoms with Crippen LogP contribution in [0.25, 0.3) is 0 Å². The van der Waals surface area contributed by atoms with Crippen LogP contribution in [0.4, 0.5) is 0 Å². The normalized spacial score (nSPS) is 13.4. The van der Waals surface area contributed by atoms with Crippen molar-refractivity contribution in [2.24, 2.45) is 4.99 Å². The van der Waals surface area contributed by atoms with Crippen LogP contribution >= 0.6 is 0 Å². The van der Waals surface area contributed by atoms with E-state index in [1.807, 2.05) is 6.08 Å². The molecule has 0 spiro atoms. The van der Waals surface area contributed by atoms with Gasteiger partial charge in [-0.3, -0.25) is 14.7 Å². The van der Waals surface area contributed by atoms with Gasteiger partial charge >= 0.3 is 57.4 Å². The SMILES string of the molecule is CCCC/C=C/CC([O-])=NCN(CCCO)C(C)C(=O)O.[K+]. The van der Waals surface area contributed by atoms with Crippen molar-refractivity contribution >= 4 is 11.9 Å². The summed E-state index contributed by atoms with van der Waals surface area (Å²) in [5, 5.41) is 29.4. The van der Waals surface area contributed by atoms with E-state index in [0.717, 1.165) is 19.3 Å². The molecule has 0 heterocycles. The van der Waals surface area contributed by atoms with E-state index in [1.54, 1.807) is 17.9 Å². The number of aliphatic hydroxyl groups is 1. The molecule has 0 saturated carbocycles. The number of aliphatic imine (C=N–C) groups is 1. The van der Waals surface area contributed by atoms with Gasteiger partial charge in [0, 0.05) is 13.2 Å². The molecular formula is C15H27KN2O4. The first-order chi connectivity index (χ1) is 10.0. The molecule has 122 valence electrons. The zero-order valence-corrected chi connectivity index (χ0v) is 17.1. The van der Waals surface area contributed by atoms with E-state index in [9.17, 15) is 9.90 Å². The van der Waals surface area contributed by atoms with E-state index in [2.05, 4.69) is 11.9 Å². The minimum atomic E-state index is -0.963. The van der Waals surface area contributed by atoms with Gasteiger partial charge in [-0.25, -0.2) is 0 Å². The molecule has 22 heavy (non-hydrogen) atoms. The molecule has 1 unspecified atom stereocenters. The molecule has 0 aromatic carbocycles. The minimum absolute atomic E-state index is 0. The fourth-order valence-corrected chi connectivity index (χ4v) is 1.68. The fourth-order valence-electron chi connectivity index (χ4n) is 1.68. The van der Waals surface area contributed by atoms with E-state index < -0.39 is 12.0 Å². The molecular weight excluding hydrogens is 311 g/mol. The number of carbonyl (C=O) groups is 1. The van der Waals surface area contributed by atoms with Crippen molar-refractivity contribution < 1.29 is 71.5 Å². The summed E-state index contributed by atoms with van der Waals surface area (Å²) in [6.07, 6.45) is 7.67. The fraction of sp³-hybridized carbons (Fsp3) is 0.733. The van der Waals surface area contributed by atoms with Gasteiger partial charge in [-0.1, -0.05) is 31.9 Å². The second-order valence-corrected chi connectivity index (χ2v) is 4.91. The second kappa shape index (κ2) is 16.1. The third kappa shape index (κ3) is 12.7. The maximum atomic E-state index is 11.6. The zero-order chi connectivity index (χ0) is 16.1. The number of hydrogen-bond acceptors (Lipinski definition) is 5. The quantitative estimate of drug-likeness (QED) is 0.141. The number of allylic oxidation sites excluding steroid dienone is 1. The van der Waals surface area contributed by atoms with Crippen molar-refractivity contribution in [3.05, 3.63) is 12.2 Å². The Morgan fingerprint density at radius 2 is 2.05 bits per heavy atom. The van der Waals surface area contributed by atoms with Crippen LogP contribution in [-0.4, -0.2) is 52.8 Å². The molecule has 0 amide bonds. The van der Waals surface area contributed by atoms with Crippen molar-refractivity contribution in [1.29, 1.82) is 0 Å². The summed E-state index contributed by atoms with van der Waals surface area (Å²) >= 11 is 0. The number of carboxylic acids is 1. The molecule has 2 N–H and O–H groups in total. The smallest absolute Gasteiger partial charge is 0.862 e. The molecule has 0 rings (SSSR count). The molecule has 0 aromatic heterocycles. The van der Waals surface area contributed by atoms with E-state index in [1.165, 1.54) is 0 Å². The summed E-state index contributed by atoms with van der Waals surface area (Å²) in [7, 11) is 0.